The summed E-state index contributed by atoms with van der Waals surface area (Å²) in [7, 11) is 4.62. The maximum absolute atomic E-state index is 13.0. The van der Waals surface area contributed by atoms with Crippen LogP contribution >= 0.6 is 0 Å². The summed E-state index contributed by atoms with van der Waals surface area (Å²) in [6.07, 6.45) is 0. The van der Waals surface area contributed by atoms with Crippen molar-refractivity contribution in [2.75, 3.05) is 33.3 Å². The average molecular weight is 423 g/mol. The highest BCUT2D eigenvalue weighted by atomic mass is 16.5. The van der Waals surface area contributed by atoms with E-state index in [0.29, 0.717) is 18.5 Å². The van der Waals surface area contributed by atoms with Crippen LogP contribution in [0, 0.1) is 0 Å². The van der Waals surface area contributed by atoms with E-state index in [-0.39, 0.29) is 17.2 Å². The molecule has 1 aliphatic heterocycles. The minimum Gasteiger partial charge on any atom is -0.497 e. The van der Waals surface area contributed by atoms with E-state index in [1.807, 2.05) is 24.3 Å². The van der Waals surface area contributed by atoms with E-state index in [1.54, 1.807) is 31.2 Å². The maximum atomic E-state index is 13.0. The predicted molar refractivity (Wildman–Crippen MR) is 116 cm³/mol. The number of carbonyl (C=O) groups is 1. The highest BCUT2D eigenvalue weighted by Gasteiger charge is 2.24. The molecule has 0 atom stereocenters. The first-order valence-corrected chi connectivity index (χ1v) is 10.1. The first-order valence-electron chi connectivity index (χ1n) is 10.1. The number of hydrogen-bond donors (Lipinski definition) is 0. The summed E-state index contributed by atoms with van der Waals surface area (Å²) < 4.78 is 7.52. The minimum absolute atomic E-state index is 0.195. The number of carbonyl (C=O) groups excluding carboxylic acids is 1. The van der Waals surface area contributed by atoms with Gasteiger partial charge in [0.05, 0.1) is 12.5 Å². The lowest BCUT2D eigenvalue weighted by atomic mass is 10.2. The number of aromatic nitrogens is 3. The van der Waals surface area contributed by atoms with Crippen molar-refractivity contribution in [2.45, 2.75) is 6.54 Å². The van der Waals surface area contributed by atoms with Crippen LogP contribution in [0.2, 0.25) is 0 Å². The molecule has 3 aromatic rings. The fraction of sp³-hybridized carbons (Fsp3) is 0.364. The number of amides is 1. The standard InChI is InChI=1S/C22H25N5O4/c1-24-19-17(20(28)25(2)22(24)30)8-9-18(23-19)21(29)27-12-10-26(11-13-27)14-15-4-6-16(31-3)7-5-15/h4-9H,10-14H2,1-3H3. The molecule has 1 aromatic carbocycles. The normalized spacial score (nSPS) is 14.7. The van der Waals surface area contributed by atoms with Crippen LogP contribution in [-0.4, -0.2) is 63.1 Å². The van der Waals surface area contributed by atoms with Crippen molar-refractivity contribution in [3.8, 4) is 5.75 Å². The van der Waals surface area contributed by atoms with Gasteiger partial charge in [0.25, 0.3) is 11.5 Å². The van der Waals surface area contributed by atoms with Crippen molar-refractivity contribution in [1.82, 2.24) is 23.9 Å². The summed E-state index contributed by atoms with van der Waals surface area (Å²) >= 11 is 0. The Morgan fingerprint density at radius 1 is 0.968 bits per heavy atom. The van der Waals surface area contributed by atoms with Gasteiger partial charge < -0.3 is 9.64 Å². The first-order chi connectivity index (χ1) is 14.9. The van der Waals surface area contributed by atoms with Gasteiger partial charge in [-0.25, -0.2) is 9.78 Å². The van der Waals surface area contributed by atoms with Crippen molar-refractivity contribution < 1.29 is 9.53 Å². The summed E-state index contributed by atoms with van der Waals surface area (Å²) in [5.41, 5.74) is 0.759. The van der Waals surface area contributed by atoms with Crippen molar-refractivity contribution in [3.63, 3.8) is 0 Å². The number of piperazine rings is 1. The summed E-state index contributed by atoms with van der Waals surface area (Å²) in [5.74, 6) is 0.636. The van der Waals surface area contributed by atoms with E-state index in [2.05, 4.69) is 9.88 Å². The average Bonchev–Trinajstić information content (AvgIpc) is 2.81. The second-order valence-corrected chi connectivity index (χ2v) is 7.69. The summed E-state index contributed by atoms with van der Waals surface area (Å²) in [4.78, 5) is 45.9. The Kier molecular flexibility index (Phi) is 5.60. The number of hydrogen-bond acceptors (Lipinski definition) is 6. The summed E-state index contributed by atoms with van der Waals surface area (Å²) in [6.45, 7) is 3.49. The topological polar surface area (TPSA) is 89.7 Å². The van der Waals surface area contributed by atoms with Crippen molar-refractivity contribution >= 4 is 16.9 Å². The second kappa shape index (κ2) is 8.35. The molecule has 9 nitrogen and oxygen atoms in total. The zero-order valence-electron chi connectivity index (χ0n) is 17.9. The monoisotopic (exact) mass is 423 g/mol. The van der Waals surface area contributed by atoms with Crippen LogP contribution in [0.25, 0.3) is 11.0 Å². The van der Waals surface area contributed by atoms with Crippen LogP contribution in [0.5, 0.6) is 5.75 Å². The van der Waals surface area contributed by atoms with Gasteiger partial charge >= 0.3 is 5.69 Å². The fourth-order valence-corrected chi connectivity index (χ4v) is 3.83. The molecular weight excluding hydrogens is 398 g/mol. The third-order valence-electron chi connectivity index (χ3n) is 5.75. The number of methoxy groups -OCH3 is 1. The number of rotatable bonds is 4. The third kappa shape index (κ3) is 3.96. The molecule has 1 amide bonds. The molecule has 0 spiro atoms. The van der Waals surface area contributed by atoms with Gasteiger partial charge in [-0.15, -0.1) is 0 Å². The maximum Gasteiger partial charge on any atom is 0.332 e. The number of aryl methyl sites for hydroxylation is 1. The molecule has 162 valence electrons. The molecular formula is C22H25N5O4. The quantitative estimate of drug-likeness (QED) is 0.611. The Morgan fingerprint density at radius 2 is 1.65 bits per heavy atom. The van der Waals surface area contributed by atoms with Crippen LogP contribution in [0.3, 0.4) is 0 Å². The van der Waals surface area contributed by atoms with E-state index in [9.17, 15) is 14.4 Å². The number of ether oxygens (including phenoxy) is 1. The van der Waals surface area contributed by atoms with Crippen molar-refractivity contribution in [1.29, 1.82) is 0 Å². The van der Waals surface area contributed by atoms with Gasteiger partial charge in [-0.3, -0.25) is 23.6 Å². The molecule has 0 aliphatic carbocycles. The minimum atomic E-state index is -0.471. The van der Waals surface area contributed by atoms with Gasteiger partial charge in [-0.1, -0.05) is 12.1 Å². The van der Waals surface area contributed by atoms with E-state index >= 15 is 0 Å². The largest absolute Gasteiger partial charge is 0.497 e. The van der Waals surface area contributed by atoms with Crippen LogP contribution in [0.15, 0.2) is 46.0 Å². The third-order valence-corrected chi connectivity index (χ3v) is 5.75. The summed E-state index contributed by atoms with van der Waals surface area (Å²) in [5, 5.41) is 0.311. The second-order valence-electron chi connectivity index (χ2n) is 7.69. The molecule has 0 N–H and O–H groups in total. The van der Waals surface area contributed by atoms with Crippen molar-refractivity contribution in [2.24, 2.45) is 14.1 Å². The molecule has 3 heterocycles. The van der Waals surface area contributed by atoms with E-state index in [4.69, 9.17) is 4.74 Å². The first kappa shape index (κ1) is 20.8. The number of pyridine rings is 1. The SMILES string of the molecule is COc1ccc(CN2CCN(C(=O)c3ccc4c(=O)n(C)c(=O)n(C)c4n3)CC2)cc1. The molecule has 0 unspecified atom stereocenters. The van der Waals surface area contributed by atoms with Gasteiger partial charge in [0.2, 0.25) is 0 Å². The Balaban J connectivity index is 1.46. The van der Waals surface area contributed by atoms with Crippen LogP contribution in [-0.2, 0) is 20.6 Å². The predicted octanol–water partition coefficient (Wildman–Crippen LogP) is 0.599. The highest BCUT2D eigenvalue weighted by molar-refractivity contribution is 5.94. The number of fused-ring (bicyclic) bond motifs is 1. The van der Waals surface area contributed by atoms with E-state index < -0.39 is 11.2 Å². The molecule has 0 bridgehead atoms. The summed E-state index contributed by atoms with van der Waals surface area (Å²) in [6, 6.07) is 11.1. The molecule has 9 heteroatoms. The molecule has 31 heavy (non-hydrogen) atoms. The van der Waals surface area contributed by atoms with Crippen LogP contribution in [0.4, 0.5) is 0 Å². The zero-order valence-corrected chi connectivity index (χ0v) is 17.9. The smallest absolute Gasteiger partial charge is 0.332 e. The number of benzene rings is 1. The Morgan fingerprint density at radius 3 is 2.29 bits per heavy atom. The van der Waals surface area contributed by atoms with Crippen LogP contribution < -0.4 is 16.0 Å². The Bertz CT molecular complexity index is 1240. The lowest BCUT2D eigenvalue weighted by Crippen LogP contribution is -2.48. The highest BCUT2D eigenvalue weighted by Crippen LogP contribution is 2.15. The van der Waals surface area contributed by atoms with Gasteiger partial charge in [0.1, 0.15) is 17.1 Å². The van der Waals surface area contributed by atoms with E-state index in [1.165, 1.54) is 17.2 Å². The van der Waals surface area contributed by atoms with Gasteiger partial charge in [0, 0.05) is 46.8 Å². The lowest BCUT2D eigenvalue weighted by Gasteiger charge is -2.34. The molecule has 0 saturated carbocycles. The van der Waals surface area contributed by atoms with E-state index in [0.717, 1.165) is 30.0 Å². The molecule has 1 saturated heterocycles. The fourth-order valence-electron chi connectivity index (χ4n) is 3.83. The molecule has 0 radical (unpaired) electrons. The van der Waals surface area contributed by atoms with Crippen LogP contribution in [0.1, 0.15) is 16.1 Å². The van der Waals surface area contributed by atoms with Crippen molar-refractivity contribution in [3.05, 3.63) is 68.5 Å². The Hall–Kier alpha value is -3.46. The zero-order chi connectivity index (χ0) is 22.1. The number of nitrogens with zero attached hydrogens (tertiary/aromatic N) is 5. The molecule has 4 rings (SSSR count). The van der Waals surface area contributed by atoms with Gasteiger partial charge in [-0.2, -0.15) is 0 Å². The molecule has 1 aliphatic rings. The van der Waals surface area contributed by atoms with Gasteiger partial charge in [0.15, 0.2) is 0 Å². The Labute approximate surface area is 179 Å². The molecule has 1 fully saturated rings. The van der Waals surface area contributed by atoms with Gasteiger partial charge in [-0.05, 0) is 29.8 Å². The molecule has 2 aromatic heterocycles. The lowest BCUT2D eigenvalue weighted by molar-refractivity contribution is 0.0623.